The van der Waals surface area contributed by atoms with Crippen molar-refractivity contribution in [1.29, 1.82) is 0 Å². The summed E-state index contributed by atoms with van der Waals surface area (Å²) >= 11 is 0. The van der Waals surface area contributed by atoms with Crippen LogP contribution in [0.2, 0.25) is 0 Å². The van der Waals surface area contributed by atoms with Gasteiger partial charge in [0.25, 0.3) is 5.91 Å². The quantitative estimate of drug-likeness (QED) is 0.905. The Kier molecular flexibility index (Phi) is 4.10. The fourth-order valence-corrected chi connectivity index (χ4v) is 2.26. The number of methoxy groups -OCH3 is 1. The second-order valence-corrected chi connectivity index (χ2v) is 5.40. The third-order valence-corrected chi connectivity index (χ3v) is 3.68. The van der Waals surface area contributed by atoms with Crippen molar-refractivity contribution < 1.29 is 9.53 Å². The molecule has 1 aromatic carbocycles. The van der Waals surface area contributed by atoms with Crippen molar-refractivity contribution >= 4 is 11.6 Å². The van der Waals surface area contributed by atoms with Crippen LogP contribution >= 0.6 is 0 Å². The van der Waals surface area contributed by atoms with Crippen LogP contribution in [0.5, 0.6) is 0 Å². The number of nitrogens with one attached hydrogen (secondary N) is 1. The molecule has 0 aliphatic heterocycles. The first-order chi connectivity index (χ1) is 9.01. The topological polar surface area (TPSA) is 41.6 Å². The molecule has 4 heteroatoms. The second-order valence-electron chi connectivity index (χ2n) is 5.40. The summed E-state index contributed by atoms with van der Waals surface area (Å²) in [7, 11) is 5.29. The van der Waals surface area contributed by atoms with Crippen LogP contribution in [-0.2, 0) is 4.74 Å². The van der Waals surface area contributed by atoms with Gasteiger partial charge in [-0.3, -0.25) is 4.79 Å². The molecule has 1 aliphatic rings. The lowest BCUT2D eigenvalue weighted by atomic mass is 9.89. The van der Waals surface area contributed by atoms with E-state index in [0.717, 1.165) is 29.7 Å². The van der Waals surface area contributed by atoms with Crippen molar-refractivity contribution in [2.75, 3.05) is 26.5 Å². The number of hydrogen-bond acceptors (Lipinski definition) is 3. The minimum atomic E-state index is 0.0337. The van der Waals surface area contributed by atoms with Crippen molar-refractivity contribution in [2.45, 2.75) is 31.9 Å². The van der Waals surface area contributed by atoms with E-state index < -0.39 is 0 Å². The molecule has 0 saturated heterocycles. The first-order valence-electron chi connectivity index (χ1n) is 6.63. The molecule has 1 aliphatic carbocycles. The van der Waals surface area contributed by atoms with Crippen LogP contribution in [0.4, 0.5) is 5.69 Å². The molecule has 0 bridgehead atoms. The van der Waals surface area contributed by atoms with Gasteiger partial charge in [0.05, 0.1) is 6.10 Å². The lowest BCUT2D eigenvalue weighted by Gasteiger charge is -2.35. The van der Waals surface area contributed by atoms with Crippen LogP contribution in [0.15, 0.2) is 18.2 Å². The maximum Gasteiger partial charge on any atom is 0.253 e. The van der Waals surface area contributed by atoms with Crippen molar-refractivity contribution in [1.82, 2.24) is 4.90 Å². The zero-order valence-corrected chi connectivity index (χ0v) is 12.1. The van der Waals surface area contributed by atoms with Crippen LogP contribution in [0.3, 0.4) is 0 Å². The van der Waals surface area contributed by atoms with Gasteiger partial charge in [-0.15, -0.1) is 0 Å². The highest BCUT2D eigenvalue weighted by atomic mass is 16.5. The van der Waals surface area contributed by atoms with Crippen LogP contribution < -0.4 is 5.32 Å². The van der Waals surface area contributed by atoms with Gasteiger partial charge >= 0.3 is 0 Å². The van der Waals surface area contributed by atoms with Gasteiger partial charge in [0.2, 0.25) is 0 Å². The predicted molar refractivity (Wildman–Crippen MR) is 76.6 cm³/mol. The molecule has 0 radical (unpaired) electrons. The number of nitrogens with zero attached hydrogens (tertiary/aromatic N) is 1. The Morgan fingerprint density at radius 1 is 1.37 bits per heavy atom. The maximum absolute atomic E-state index is 12.0. The Bertz CT molecular complexity index is 465. The summed E-state index contributed by atoms with van der Waals surface area (Å²) in [6.07, 6.45) is 2.44. The Morgan fingerprint density at radius 2 is 2.05 bits per heavy atom. The number of benzene rings is 1. The van der Waals surface area contributed by atoms with Gasteiger partial charge < -0.3 is 15.0 Å². The molecule has 1 saturated carbocycles. The molecule has 1 N–H and O–H groups in total. The number of amides is 1. The van der Waals surface area contributed by atoms with Crippen LogP contribution in [0.25, 0.3) is 0 Å². The van der Waals surface area contributed by atoms with E-state index in [1.54, 1.807) is 26.1 Å². The molecule has 0 atom stereocenters. The SMILES string of the molecule is COC1CC(Nc2cc(C(=O)N(C)C)ccc2C)C1. The third-order valence-electron chi connectivity index (χ3n) is 3.68. The summed E-state index contributed by atoms with van der Waals surface area (Å²) in [4.78, 5) is 13.5. The zero-order valence-electron chi connectivity index (χ0n) is 12.1. The lowest BCUT2D eigenvalue weighted by Crippen LogP contribution is -2.40. The first kappa shape index (κ1) is 13.9. The van der Waals surface area contributed by atoms with Crippen LogP contribution in [0.1, 0.15) is 28.8 Å². The summed E-state index contributed by atoms with van der Waals surface area (Å²) in [5.74, 6) is 0.0337. The highest BCUT2D eigenvalue weighted by molar-refractivity contribution is 5.95. The summed E-state index contributed by atoms with van der Waals surface area (Å²) in [6.45, 7) is 2.05. The molecular formula is C15H22N2O2. The van der Waals surface area contributed by atoms with Gasteiger partial charge in [-0.25, -0.2) is 0 Å². The maximum atomic E-state index is 12.0. The molecule has 4 nitrogen and oxygen atoms in total. The van der Waals surface area contributed by atoms with E-state index in [-0.39, 0.29) is 5.91 Å². The molecular weight excluding hydrogens is 240 g/mol. The fourth-order valence-electron chi connectivity index (χ4n) is 2.26. The van der Waals surface area contributed by atoms with E-state index in [2.05, 4.69) is 12.2 Å². The normalized spacial score (nSPS) is 21.7. The Morgan fingerprint density at radius 3 is 2.63 bits per heavy atom. The van der Waals surface area contributed by atoms with E-state index in [9.17, 15) is 4.79 Å². The summed E-state index contributed by atoms with van der Waals surface area (Å²) in [5, 5.41) is 3.49. The van der Waals surface area contributed by atoms with Gasteiger partial charge in [0.15, 0.2) is 0 Å². The van der Waals surface area contributed by atoms with Crippen LogP contribution in [-0.4, -0.2) is 44.2 Å². The van der Waals surface area contributed by atoms with E-state index in [1.165, 1.54) is 0 Å². The standard InChI is InChI=1S/C15H22N2O2/c1-10-5-6-11(15(18)17(2)3)7-14(10)16-12-8-13(9-12)19-4/h5-7,12-13,16H,8-9H2,1-4H3. The Balaban J connectivity index is 2.08. The highest BCUT2D eigenvalue weighted by Crippen LogP contribution is 2.28. The van der Waals surface area contributed by atoms with Gasteiger partial charge in [0.1, 0.15) is 0 Å². The van der Waals surface area contributed by atoms with Crippen LogP contribution in [0, 0.1) is 6.92 Å². The molecule has 104 valence electrons. The van der Waals surface area contributed by atoms with E-state index >= 15 is 0 Å². The molecule has 0 spiro atoms. The highest BCUT2D eigenvalue weighted by Gasteiger charge is 2.29. The summed E-state index contributed by atoms with van der Waals surface area (Å²) in [5.41, 5.74) is 2.93. The van der Waals surface area contributed by atoms with Crippen molar-refractivity contribution in [3.05, 3.63) is 29.3 Å². The zero-order chi connectivity index (χ0) is 14.0. The Labute approximate surface area is 114 Å². The van der Waals surface area contributed by atoms with Gasteiger partial charge in [0, 0.05) is 38.5 Å². The van der Waals surface area contributed by atoms with Gasteiger partial charge in [-0.05, 0) is 37.5 Å². The minimum absolute atomic E-state index is 0.0337. The first-order valence-corrected chi connectivity index (χ1v) is 6.63. The van der Waals surface area contributed by atoms with Crippen molar-refractivity contribution in [3.63, 3.8) is 0 Å². The van der Waals surface area contributed by atoms with Gasteiger partial charge in [-0.1, -0.05) is 6.07 Å². The summed E-state index contributed by atoms with van der Waals surface area (Å²) in [6, 6.07) is 6.26. The molecule has 1 fully saturated rings. The number of ether oxygens (including phenoxy) is 1. The average Bonchev–Trinajstić information content (AvgIpc) is 2.34. The van der Waals surface area contributed by atoms with Crippen molar-refractivity contribution in [2.24, 2.45) is 0 Å². The number of hydrogen-bond donors (Lipinski definition) is 1. The molecule has 2 rings (SSSR count). The average molecular weight is 262 g/mol. The minimum Gasteiger partial charge on any atom is -0.382 e. The van der Waals surface area contributed by atoms with E-state index in [0.29, 0.717) is 12.1 Å². The summed E-state index contributed by atoms with van der Waals surface area (Å²) < 4.78 is 5.28. The second kappa shape index (κ2) is 5.61. The molecule has 19 heavy (non-hydrogen) atoms. The monoisotopic (exact) mass is 262 g/mol. The third kappa shape index (κ3) is 3.07. The predicted octanol–water partition coefficient (Wildman–Crippen LogP) is 2.29. The number of carbonyl (C=O) groups excluding carboxylic acids is 1. The van der Waals surface area contributed by atoms with E-state index in [4.69, 9.17) is 4.74 Å². The number of carbonyl (C=O) groups is 1. The molecule has 0 unspecified atom stereocenters. The molecule has 0 aromatic heterocycles. The van der Waals surface area contributed by atoms with Crippen molar-refractivity contribution in [3.8, 4) is 0 Å². The number of anilines is 1. The number of aryl methyl sites for hydroxylation is 1. The smallest absolute Gasteiger partial charge is 0.253 e. The molecule has 0 heterocycles. The lowest BCUT2D eigenvalue weighted by molar-refractivity contribution is 0.0328. The largest absolute Gasteiger partial charge is 0.382 e. The fraction of sp³-hybridized carbons (Fsp3) is 0.533. The molecule has 1 aromatic rings. The Hall–Kier alpha value is -1.55. The van der Waals surface area contributed by atoms with Gasteiger partial charge in [-0.2, -0.15) is 0 Å². The van der Waals surface area contributed by atoms with E-state index in [1.807, 2.05) is 18.2 Å². The number of rotatable bonds is 4. The molecule has 1 amide bonds.